The number of hydrogen-bond acceptors (Lipinski definition) is 5. The zero-order valence-corrected chi connectivity index (χ0v) is 15.9. The van der Waals surface area contributed by atoms with E-state index in [1.807, 2.05) is 68.4 Å². The summed E-state index contributed by atoms with van der Waals surface area (Å²) in [7, 11) is 0. The van der Waals surface area contributed by atoms with Crippen molar-refractivity contribution in [3.8, 4) is 11.3 Å². The Hall–Kier alpha value is -2.93. The number of carbonyl (C=O) groups excluding carboxylic acids is 2. The highest BCUT2D eigenvalue weighted by Crippen LogP contribution is 2.31. The third kappa shape index (κ3) is 4.83. The average molecular weight is 380 g/mol. The number of carbonyl (C=O) groups is 2. The summed E-state index contributed by atoms with van der Waals surface area (Å²) >= 11 is 1.26. The van der Waals surface area contributed by atoms with Gasteiger partial charge in [-0.3, -0.25) is 10.1 Å². The first-order valence-electron chi connectivity index (χ1n) is 8.58. The molecular formula is C20H20N4O2S. The van der Waals surface area contributed by atoms with Crippen LogP contribution >= 0.6 is 11.8 Å². The molecule has 0 aliphatic heterocycles. The Kier molecular flexibility index (Phi) is 6.03. The average Bonchev–Trinajstić information content (AvgIpc) is 2.66. The fraction of sp³-hybridized carbons (Fsp3) is 0.200. The van der Waals surface area contributed by atoms with Crippen LogP contribution < -0.4 is 10.6 Å². The van der Waals surface area contributed by atoms with Gasteiger partial charge in [0.1, 0.15) is 10.7 Å². The highest BCUT2D eigenvalue weighted by Gasteiger charge is 2.14. The van der Waals surface area contributed by atoms with E-state index in [1.165, 1.54) is 11.8 Å². The fourth-order valence-corrected chi connectivity index (χ4v) is 3.36. The van der Waals surface area contributed by atoms with Gasteiger partial charge in [0, 0.05) is 22.4 Å². The molecular weight excluding hydrogens is 360 g/mol. The predicted molar refractivity (Wildman–Crippen MR) is 108 cm³/mol. The number of fused-ring (bicyclic) bond motifs is 1. The van der Waals surface area contributed by atoms with Gasteiger partial charge in [0.05, 0.1) is 5.75 Å². The van der Waals surface area contributed by atoms with Crippen molar-refractivity contribution in [2.24, 2.45) is 0 Å². The van der Waals surface area contributed by atoms with Crippen molar-refractivity contribution in [1.82, 2.24) is 20.8 Å². The van der Waals surface area contributed by atoms with E-state index < -0.39 is 6.03 Å². The van der Waals surface area contributed by atoms with Crippen LogP contribution in [0, 0.1) is 0 Å². The highest BCUT2D eigenvalue weighted by molar-refractivity contribution is 8.00. The molecule has 0 saturated heterocycles. The number of hydrogen-bond donors (Lipinski definition) is 2. The van der Waals surface area contributed by atoms with Crippen LogP contribution in [0.15, 0.2) is 59.6 Å². The molecule has 0 unspecified atom stereocenters. The fourth-order valence-electron chi connectivity index (χ4n) is 2.59. The van der Waals surface area contributed by atoms with Gasteiger partial charge < -0.3 is 5.32 Å². The van der Waals surface area contributed by atoms with E-state index in [9.17, 15) is 9.59 Å². The molecule has 27 heavy (non-hydrogen) atoms. The van der Waals surface area contributed by atoms with Crippen molar-refractivity contribution in [2.75, 3.05) is 5.75 Å². The number of nitrogens with one attached hydrogen (secondary N) is 2. The highest BCUT2D eigenvalue weighted by atomic mass is 32.2. The number of thioether (sulfide) groups is 1. The molecule has 0 fully saturated rings. The minimum atomic E-state index is -0.494. The molecule has 1 heterocycles. The van der Waals surface area contributed by atoms with Crippen LogP contribution in [0.1, 0.15) is 13.8 Å². The number of urea groups is 1. The van der Waals surface area contributed by atoms with Crippen molar-refractivity contribution in [3.05, 3.63) is 54.6 Å². The lowest BCUT2D eigenvalue weighted by Crippen LogP contribution is -2.43. The molecule has 3 aromatic rings. The van der Waals surface area contributed by atoms with Gasteiger partial charge in [-0.25, -0.2) is 4.79 Å². The maximum atomic E-state index is 12.0. The Morgan fingerprint density at radius 1 is 0.963 bits per heavy atom. The second kappa shape index (κ2) is 8.64. The van der Waals surface area contributed by atoms with Gasteiger partial charge in [-0.1, -0.05) is 66.4 Å². The molecule has 0 aliphatic carbocycles. The molecule has 2 N–H and O–H groups in total. The van der Waals surface area contributed by atoms with Crippen molar-refractivity contribution in [2.45, 2.75) is 24.9 Å². The van der Waals surface area contributed by atoms with Crippen LogP contribution in [0.25, 0.3) is 22.0 Å². The largest absolute Gasteiger partial charge is 0.336 e. The summed E-state index contributed by atoms with van der Waals surface area (Å²) in [5.41, 5.74) is 1.79. The lowest BCUT2D eigenvalue weighted by Gasteiger charge is -2.10. The minimum absolute atomic E-state index is 0.0363. The summed E-state index contributed by atoms with van der Waals surface area (Å²) in [6.45, 7) is 3.66. The van der Waals surface area contributed by atoms with Crippen LogP contribution in [0.2, 0.25) is 0 Å². The summed E-state index contributed by atoms with van der Waals surface area (Å²) < 4.78 is 0. The molecule has 0 saturated carbocycles. The standard InChI is InChI=1S/C20H20N4O2S/c1-13(2)21-20(26)22-17(25)12-27-19-16-11-7-6-10-15(16)18(23-24-19)14-8-4-3-5-9-14/h3-11,13H,12H2,1-2H3,(H2,21,22,25,26). The van der Waals surface area contributed by atoms with E-state index >= 15 is 0 Å². The van der Waals surface area contributed by atoms with E-state index in [2.05, 4.69) is 20.8 Å². The van der Waals surface area contributed by atoms with Gasteiger partial charge in [0.15, 0.2) is 0 Å². The van der Waals surface area contributed by atoms with E-state index in [0.29, 0.717) is 5.03 Å². The summed E-state index contributed by atoms with van der Waals surface area (Å²) in [5.74, 6) is -0.300. The number of rotatable bonds is 5. The van der Waals surface area contributed by atoms with Crippen molar-refractivity contribution < 1.29 is 9.59 Å². The Morgan fingerprint density at radius 2 is 1.63 bits per heavy atom. The van der Waals surface area contributed by atoms with Crippen molar-refractivity contribution in [1.29, 1.82) is 0 Å². The Morgan fingerprint density at radius 3 is 2.33 bits per heavy atom. The molecule has 138 valence electrons. The summed E-state index contributed by atoms with van der Waals surface area (Å²) in [4.78, 5) is 23.6. The number of nitrogens with zero attached hydrogens (tertiary/aromatic N) is 2. The van der Waals surface area contributed by atoms with Gasteiger partial charge >= 0.3 is 6.03 Å². The van der Waals surface area contributed by atoms with Crippen LogP contribution in [0.5, 0.6) is 0 Å². The molecule has 0 radical (unpaired) electrons. The Bertz CT molecular complexity index is 961. The second-order valence-corrected chi connectivity index (χ2v) is 7.19. The first kappa shape index (κ1) is 18.8. The zero-order valence-electron chi connectivity index (χ0n) is 15.1. The number of aromatic nitrogens is 2. The first-order valence-corrected chi connectivity index (χ1v) is 9.57. The van der Waals surface area contributed by atoms with Gasteiger partial charge in [-0.2, -0.15) is 0 Å². The molecule has 0 aliphatic rings. The zero-order chi connectivity index (χ0) is 19.2. The molecule has 6 nitrogen and oxygen atoms in total. The third-order valence-electron chi connectivity index (χ3n) is 3.71. The van der Waals surface area contributed by atoms with E-state index in [4.69, 9.17) is 0 Å². The molecule has 3 rings (SSSR count). The van der Waals surface area contributed by atoms with Gasteiger partial charge in [-0.15, -0.1) is 10.2 Å². The molecule has 0 spiro atoms. The second-order valence-electron chi connectivity index (χ2n) is 6.23. The first-order chi connectivity index (χ1) is 13.0. The number of benzene rings is 2. The molecule has 1 aromatic heterocycles. The van der Waals surface area contributed by atoms with E-state index in [0.717, 1.165) is 22.0 Å². The Balaban J connectivity index is 1.78. The van der Waals surface area contributed by atoms with Crippen molar-refractivity contribution >= 4 is 34.5 Å². The molecule has 2 aromatic carbocycles. The summed E-state index contributed by atoms with van der Waals surface area (Å²) in [5, 5.41) is 16.2. The monoisotopic (exact) mass is 380 g/mol. The van der Waals surface area contributed by atoms with Crippen LogP contribution in [0.3, 0.4) is 0 Å². The smallest absolute Gasteiger partial charge is 0.321 e. The van der Waals surface area contributed by atoms with E-state index in [1.54, 1.807) is 0 Å². The molecule has 7 heteroatoms. The van der Waals surface area contributed by atoms with Gasteiger partial charge in [0.2, 0.25) is 5.91 Å². The number of amides is 3. The molecule has 0 bridgehead atoms. The molecule has 3 amide bonds. The van der Waals surface area contributed by atoms with Crippen LogP contribution in [0.4, 0.5) is 4.79 Å². The van der Waals surface area contributed by atoms with Gasteiger partial charge in [-0.05, 0) is 13.8 Å². The predicted octanol–water partition coefficient (Wildman–Crippen LogP) is 3.62. The van der Waals surface area contributed by atoms with E-state index in [-0.39, 0.29) is 17.7 Å². The molecule has 0 atom stereocenters. The van der Waals surface area contributed by atoms with Crippen LogP contribution in [-0.4, -0.2) is 33.9 Å². The minimum Gasteiger partial charge on any atom is -0.336 e. The van der Waals surface area contributed by atoms with Crippen molar-refractivity contribution in [3.63, 3.8) is 0 Å². The Labute approximate surface area is 161 Å². The quantitative estimate of drug-likeness (QED) is 0.661. The maximum Gasteiger partial charge on any atom is 0.321 e. The van der Waals surface area contributed by atoms with Gasteiger partial charge in [0.25, 0.3) is 0 Å². The third-order valence-corrected chi connectivity index (χ3v) is 4.69. The number of imide groups is 1. The normalized spacial score (nSPS) is 10.8. The topological polar surface area (TPSA) is 84.0 Å². The maximum absolute atomic E-state index is 12.0. The summed E-state index contributed by atoms with van der Waals surface area (Å²) in [6.07, 6.45) is 0. The lowest BCUT2D eigenvalue weighted by molar-refractivity contribution is -0.117. The van der Waals surface area contributed by atoms with Crippen LogP contribution in [-0.2, 0) is 4.79 Å². The lowest BCUT2D eigenvalue weighted by atomic mass is 10.1. The SMILES string of the molecule is CC(C)NC(=O)NC(=O)CSc1nnc(-c2ccccc2)c2ccccc12. The summed E-state index contributed by atoms with van der Waals surface area (Å²) in [6, 6.07) is 17.2.